The van der Waals surface area contributed by atoms with E-state index in [4.69, 9.17) is 0 Å². The molecule has 0 aromatic heterocycles. The molecule has 2 aliphatic heterocycles. The summed E-state index contributed by atoms with van der Waals surface area (Å²) in [5.41, 5.74) is 1.70. The molecule has 182 valence electrons. The minimum atomic E-state index is -3.69. The highest BCUT2D eigenvalue weighted by Gasteiger charge is 2.34. The Balaban J connectivity index is 1.45. The lowest BCUT2D eigenvalue weighted by atomic mass is 9.94. The van der Waals surface area contributed by atoms with Crippen LogP contribution in [0.15, 0.2) is 23.1 Å². The number of carbonyl (C=O) groups excluding carboxylic acids is 2. The van der Waals surface area contributed by atoms with E-state index in [0.29, 0.717) is 19.5 Å². The van der Waals surface area contributed by atoms with Gasteiger partial charge in [-0.1, -0.05) is 32.1 Å². The lowest BCUT2D eigenvalue weighted by molar-refractivity contribution is -0.127. The quantitative estimate of drug-likeness (QED) is 0.721. The second-order valence-electron chi connectivity index (χ2n) is 9.82. The van der Waals surface area contributed by atoms with Gasteiger partial charge in [-0.3, -0.25) is 9.59 Å². The van der Waals surface area contributed by atoms with Gasteiger partial charge in [-0.05, 0) is 62.3 Å². The fraction of sp³-hybridized carbons (Fsp3) is 0.680. The first-order chi connectivity index (χ1) is 15.9. The second-order valence-corrected chi connectivity index (χ2v) is 11.8. The van der Waals surface area contributed by atoms with Gasteiger partial charge in [0, 0.05) is 38.3 Å². The molecular formula is C25H37N3O4S. The monoisotopic (exact) mass is 475 g/mol. The molecule has 0 radical (unpaired) electrons. The van der Waals surface area contributed by atoms with Crippen LogP contribution in [-0.2, 0) is 26.0 Å². The van der Waals surface area contributed by atoms with Crippen LogP contribution in [0.1, 0.15) is 76.7 Å². The van der Waals surface area contributed by atoms with Gasteiger partial charge < -0.3 is 10.2 Å². The molecule has 33 heavy (non-hydrogen) atoms. The zero-order valence-electron chi connectivity index (χ0n) is 19.7. The third kappa shape index (κ3) is 5.60. The number of hydrogen-bond donors (Lipinski definition) is 1. The highest BCUT2D eigenvalue weighted by molar-refractivity contribution is 7.89. The third-order valence-electron chi connectivity index (χ3n) is 7.39. The zero-order chi connectivity index (χ0) is 23.4. The lowest BCUT2D eigenvalue weighted by Gasteiger charge is -2.33. The van der Waals surface area contributed by atoms with Crippen molar-refractivity contribution in [3.05, 3.63) is 23.8 Å². The fourth-order valence-corrected chi connectivity index (χ4v) is 7.08. The molecule has 1 saturated heterocycles. The minimum absolute atomic E-state index is 0.00279. The Hall–Kier alpha value is -1.93. The SMILES string of the molecule is CC(=O)N1CCCc2cc(S(=O)(=O)N3CCC[C@@H](C(=O)NC4CCCCCCC4)C3)ccc21. The summed E-state index contributed by atoms with van der Waals surface area (Å²) in [6, 6.07) is 5.30. The maximum atomic E-state index is 13.4. The molecule has 4 rings (SSSR count). The summed E-state index contributed by atoms with van der Waals surface area (Å²) in [6.07, 6.45) is 11.1. The molecule has 0 spiro atoms. The topological polar surface area (TPSA) is 86.8 Å². The molecule has 0 unspecified atom stereocenters. The van der Waals surface area contributed by atoms with E-state index < -0.39 is 10.0 Å². The predicted molar refractivity (Wildman–Crippen MR) is 129 cm³/mol. The van der Waals surface area contributed by atoms with Crippen LogP contribution in [0.25, 0.3) is 0 Å². The van der Waals surface area contributed by atoms with E-state index in [1.54, 1.807) is 23.1 Å². The highest BCUT2D eigenvalue weighted by atomic mass is 32.2. The number of hydrogen-bond acceptors (Lipinski definition) is 4. The zero-order valence-corrected chi connectivity index (χ0v) is 20.5. The number of benzene rings is 1. The Labute approximate surface area is 198 Å². The summed E-state index contributed by atoms with van der Waals surface area (Å²) >= 11 is 0. The van der Waals surface area contributed by atoms with Crippen LogP contribution in [-0.4, -0.2) is 50.2 Å². The Kier molecular flexibility index (Phi) is 7.74. The van der Waals surface area contributed by atoms with Gasteiger partial charge in [0.05, 0.1) is 10.8 Å². The van der Waals surface area contributed by atoms with Crippen LogP contribution in [0.2, 0.25) is 0 Å². The Morgan fingerprint density at radius 2 is 1.67 bits per heavy atom. The van der Waals surface area contributed by atoms with E-state index >= 15 is 0 Å². The van der Waals surface area contributed by atoms with E-state index in [2.05, 4.69) is 5.32 Å². The summed E-state index contributed by atoms with van der Waals surface area (Å²) in [5.74, 6) is -0.325. The van der Waals surface area contributed by atoms with Crippen molar-refractivity contribution in [2.24, 2.45) is 5.92 Å². The van der Waals surface area contributed by atoms with Gasteiger partial charge in [-0.15, -0.1) is 0 Å². The van der Waals surface area contributed by atoms with E-state index in [1.165, 1.54) is 30.5 Å². The third-order valence-corrected chi connectivity index (χ3v) is 9.26. The van der Waals surface area contributed by atoms with Crippen LogP contribution in [0.5, 0.6) is 0 Å². The maximum absolute atomic E-state index is 13.4. The molecular weight excluding hydrogens is 438 g/mol. The van der Waals surface area contributed by atoms with Crippen molar-refractivity contribution in [2.75, 3.05) is 24.5 Å². The number of piperidine rings is 1. The highest BCUT2D eigenvalue weighted by Crippen LogP contribution is 2.32. The fourth-order valence-electron chi connectivity index (χ4n) is 5.50. The molecule has 1 aromatic carbocycles. The largest absolute Gasteiger partial charge is 0.353 e. The van der Waals surface area contributed by atoms with Gasteiger partial charge in [-0.25, -0.2) is 8.42 Å². The van der Waals surface area contributed by atoms with Gasteiger partial charge in [0.1, 0.15) is 0 Å². The molecule has 1 atom stereocenters. The Bertz CT molecular complexity index is 970. The number of fused-ring (bicyclic) bond motifs is 1. The van der Waals surface area contributed by atoms with Gasteiger partial charge in [0.15, 0.2) is 0 Å². The molecule has 3 aliphatic rings. The number of anilines is 1. The number of aryl methyl sites for hydroxylation is 1. The van der Waals surface area contributed by atoms with Crippen molar-refractivity contribution >= 4 is 27.5 Å². The van der Waals surface area contributed by atoms with Gasteiger partial charge in [0.2, 0.25) is 21.8 Å². The van der Waals surface area contributed by atoms with E-state index in [0.717, 1.165) is 56.2 Å². The number of nitrogens with zero attached hydrogens (tertiary/aromatic N) is 2. The first-order valence-electron chi connectivity index (χ1n) is 12.6. The molecule has 1 aromatic rings. The molecule has 1 saturated carbocycles. The Morgan fingerprint density at radius 1 is 0.939 bits per heavy atom. The lowest BCUT2D eigenvalue weighted by Crippen LogP contribution is -2.47. The molecule has 1 N–H and O–H groups in total. The van der Waals surface area contributed by atoms with Gasteiger partial charge >= 0.3 is 0 Å². The van der Waals surface area contributed by atoms with Crippen LogP contribution in [0.3, 0.4) is 0 Å². The molecule has 2 heterocycles. The summed E-state index contributed by atoms with van der Waals surface area (Å²) < 4.78 is 28.4. The van der Waals surface area contributed by atoms with Gasteiger partial charge in [-0.2, -0.15) is 4.31 Å². The molecule has 2 fully saturated rings. The minimum Gasteiger partial charge on any atom is -0.353 e. The van der Waals surface area contributed by atoms with E-state index in [9.17, 15) is 18.0 Å². The van der Waals surface area contributed by atoms with Crippen molar-refractivity contribution in [3.63, 3.8) is 0 Å². The van der Waals surface area contributed by atoms with Crippen molar-refractivity contribution in [1.82, 2.24) is 9.62 Å². The number of nitrogens with one attached hydrogen (secondary N) is 1. The molecule has 0 bridgehead atoms. The summed E-state index contributed by atoms with van der Waals surface area (Å²) in [4.78, 5) is 26.9. The smallest absolute Gasteiger partial charge is 0.243 e. The van der Waals surface area contributed by atoms with Crippen molar-refractivity contribution in [2.45, 2.75) is 88.5 Å². The predicted octanol–water partition coefficient (Wildman–Crippen LogP) is 3.62. The van der Waals surface area contributed by atoms with Gasteiger partial charge in [0.25, 0.3) is 0 Å². The molecule has 7 nitrogen and oxygen atoms in total. The van der Waals surface area contributed by atoms with Crippen LogP contribution in [0.4, 0.5) is 5.69 Å². The standard InChI is InChI=1S/C25H37N3O4S/c1-19(29)28-16-8-9-20-17-23(13-14-24(20)28)33(31,32)27-15-7-10-21(18-27)25(30)26-22-11-5-3-2-4-6-12-22/h13-14,17,21-22H,2-12,15-16,18H2,1H3,(H,26,30)/t21-/m1/s1. The van der Waals surface area contributed by atoms with E-state index in [1.807, 2.05) is 0 Å². The van der Waals surface area contributed by atoms with Crippen molar-refractivity contribution in [1.29, 1.82) is 0 Å². The molecule has 1 aliphatic carbocycles. The first kappa shape index (κ1) is 24.2. The Morgan fingerprint density at radius 3 is 2.39 bits per heavy atom. The second kappa shape index (κ2) is 10.6. The van der Waals surface area contributed by atoms with Crippen molar-refractivity contribution in [3.8, 4) is 0 Å². The van der Waals surface area contributed by atoms with Crippen molar-refractivity contribution < 1.29 is 18.0 Å². The number of amides is 2. The van der Waals surface area contributed by atoms with Crippen LogP contribution < -0.4 is 10.2 Å². The summed E-state index contributed by atoms with van der Waals surface area (Å²) in [5, 5.41) is 3.23. The first-order valence-corrected chi connectivity index (χ1v) is 14.0. The summed E-state index contributed by atoms with van der Waals surface area (Å²) in [6.45, 7) is 2.87. The normalized spacial score (nSPS) is 23.3. The average molecular weight is 476 g/mol. The number of rotatable bonds is 4. The average Bonchev–Trinajstić information content (AvgIpc) is 2.79. The number of sulfonamides is 1. The molecule has 8 heteroatoms. The molecule has 2 amide bonds. The van der Waals surface area contributed by atoms with Crippen LogP contribution >= 0.6 is 0 Å². The van der Waals surface area contributed by atoms with E-state index in [-0.39, 0.29) is 35.2 Å². The summed E-state index contributed by atoms with van der Waals surface area (Å²) in [7, 11) is -3.69. The maximum Gasteiger partial charge on any atom is 0.243 e. The number of carbonyl (C=O) groups is 2. The van der Waals surface area contributed by atoms with Crippen LogP contribution in [0, 0.1) is 5.92 Å².